The van der Waals surface area contributed by atoms with Crippen LogP contribution in [-0.2, 0) is 21.4 Å². The topological polar surface area (TPSA) is 81.5 Å². The van der Waals surface area contributed by atoms with E-state index in [-0.39, 0.29) is 16.3 Å². The van der Waals surface area contributed by atoms with E-state index in [1.807, 2.05) is 0 Å². The SMILES string of the molecule is CN(C)S(=O)(=O)c1ccc(C(=O)OCc2nccn2C(F)F)cc1. The van der Waals surface area contributed by atoms with Gasteiger partial charge in [-0.05, 0) is 24.3 Å². The fraction of sp³-hybridized carbons (Fsp3) is 0.286. The Morgan fingerprint density at radius 3 is 2.46 bits per heavy atom. The number of imidazole rings is 1. The van der Waals surface area contributed by atoms with Crippen LogP contribution in [0.1, 0.15) is 22.7 Å². The lowest BCUT2D eigenvalue weighted by molar-refractivity contribution is 0.0376. The summed E-state index contributed by atoms with van der Waals surface area (Å²) in [6.45, 7) is -3.20. The molecule has 10 heteroatoms. The zero-order valence-electron chi connectivity index (χ0n) is 12.9. The molecule has 0 fully saturated rings. The van der Waals surface area contributed by atoms with Crippen LogP contribution in [-0.4, -0.2) is 42.3 Å². The van der Waals surface area contributed by atoms with Gasteiger partial charge in [0, 0.05) is 26.5 Å². The molecular weight excluding hydrogens is 344 g/mol. The van der Waals surface area contributed by atoms with Crippen LogP contribution in [0.25, 0.3) is 0 Å². The Balaban J connectivity index is 2.07. The third-order valence-electron chi connectivity index (χ3n) is 3.16. The van der Waals surface area contributed by atoms with Crippen molar-refractivity contribution in [2.24, 2.45) is 0 Å². The molecular formula is C14H15F2N3O4S. The number of ether oxygens (including phenoxy) is 1. The number of carbonyl (C=O) groups excluding carboxylic acids is 1. The monoisotopic (exact) mass is 359 g/mol. The van der Waals surface area contributed by atoms with Crippen molar-refractivity contribution in [3.8, 4) is 0 Å². The first-order valence-electron chi connectivity index (χ1n) is 6.73. The Morgan fingerprint density at radius 1 is 1.29 bits per heavy atom. The third-order valence-corrected chi connectivity index (χ3v) is 4.99. The zero-order valence-corrected chi connectivity index (χ0v) is 13.7. The summed E-state index contributed by atoms with van der Waals surface area (Å²) in [5.41, 5.74) is 0.0999. The summed E-state index contributed by atoms with van der Waals surface area (Å²) in [6.07, 6.45) is 2.25. The number of rotatable bonds is 6. The van der Waals surface area contributed by atoms with E-state index in [0.29, 0.717) is 4.57 Å². The van der Waals surface area contributed by atoms with Crippen LogP contribution >= 0.6 is 0 Å². The van der Waals surface area contributed by atoms with Crippen LogP contribution in [0.5, 0.6) is 0 Å². The molecule has 1 aromatic carbocycles. The van der Waals surface area contributed by atoms with Gasteiger partial charge in [-0.1, -0.05) is 0 Å². The molecule has 24 heavy (non-hydrogen) atoms. The Morgan fingerprint density at radius 2 is 1.92 bits per heavy atom. The average Bonchev–Trinajstić information content (AvgIpc) is 3.01. The molecule has 0 aliphatic carbocycles. The summed E-state index contributed by atoms with van der Waals surface area (Å²) in [5, 5.41) is 0. The van der Waals surface area contributed by atoms with Gasteiger partial charge in [-0.3, -0.25) is 4.57 Å². The first kappa shape index (κ1) is 18.0. The van der Waals surface area contributed by atoms with Crippen molar-refractivity contribution in [2.75, 3.05) is 14.1 Å². The third kappa shape index (κ3) is 3.77. The van der Waals surface area contributed by atoms with Crippen molar-refractivity contribution < 1.29 is 26.7 Å². The van der Waals surface area contributed by atoms with E-state index in [9.17, 15) is 22.0 Å². The second-order valence-corrected chi connectivity index (χ2v) is 7.07. The van der Waals surface area contributed by atoms with E-state index in [4.69, 9.17) is 4.74 Å². The maximum absolute atomic E-state index is 12.7. The number of carbonyl (C=O) groups is 1. The number of benzene rings is 1. The van der Waals surface area contributed by atoms with Gasteiger partial charge in [-0.15, -0.1) is 0 Å². The minimum Gasteiger partial charge on any atom is -0.454 e. The van der Waals surface area contributed by atoms with Crippen LogP contribution in [0, 0.1) is 0 Å². The van der Waals surface area contributed by atoms with Gasteiger partial charge in [-0.2, -0.15) is 8.78 Å². The minimum absolute atomic E-state index is 0.0253. The second kappa shape index (κ2) is 7.05. The van der Waals surface area contributed by atoms with Crippen molar-refractivity contribution in [3.63, 3.8) is 0 Å². The number of hydrogen-bond donors (Lipinski definition) is 0. The molecule has 2 aromatic rings. The van der Waals surface area contributed by atoms with Gasteiger partial charge in [0.15, 0.2) is 5.82 Å². The van der Waals surface area contributed by atoms with Gasteiger partial charge < -0.3 is 4.74 Å². The highest BCUT2D eigenvalue weighted by Crippen LogP contribution is 2.16. The molecule has 0 amide bonds. The van der Waals surface area contributed by atoms with Crippen LogP contribution in [0.3, 0.4) is 0 Å². The Bertz CT molecular complexity index is 817. The quantitative estimate of drug-likeness (QED) is 0.736. The van der Waals surface area contributed by atoms with Crippen LogP contribution in [0.4, 0.5) is 8.78 Å². The lowest BCUT2D eigenvalue weighted by atomic mass is 10.2. The molecule has 0 saturated carbocycles. The molecule has 0 unspecified atom stereocenters. The minimum atomic E-state index is -3.60. The molecule has 2 rings (SSSR count). The molecule has 0 atom stereocenters. The maximum atomic E-state index is 12.7. The lowest BCUT2D eigenvalue weighted by Gasteiger charge is -2.11. The van der Waals surface area contributed by atoms with Crippen LogP contribution in [0.15, 0.2) is 41.6 Å². The first-order valence-corrected chi connectivity index (χ1v) is 8.17. The van der Waals surface area contributed by atoms with Crippen molar-refractivity contribution in [2.45, 2.75) is 18.1 Å². The average molecular weight is 359 g/mol. The molecule has 130 valence electrons. The highest BCUT2D eigenvalue weighted by Gasteiger charge is 2.18. The summed E-state index contributed by atoms with van der Waals surface area (Å²) >= 11 is 0. The standard InChI is InChI=1S/C14H15F2N3O4S/c1-18(2)24(21,22)11-5-3-10(4-6-11)13(20)23-9-12-17-7-8-19(12)14(15)16/h3-8,14H,9H2,1-2H3. The summed E-state index contributed by atoms with van der Waals surface area (Å²) in [7, 11) is -0.815. The highest BCUT2D eigenvalue weighted by atomic mass is 32.2. The Hall–Kier alpha value is -2.33. The lowest BCUT2D eigenvalue weighted by Crippen LogP contribution is -2.22. The molecule has 0 saturated heterocycles. The fourth-order valence-electron chi connectivity index (χ4n) is 1.82. The molecule has 0 bridgehead atoms. The van der Waals surface area contributed by atoms with Gasteiger partial charge in [0.05, 0.1) is 10.5 Å². The zero-order chi connectivity index (χ0) is 17.9. The summed E-state index contributed by atoms with van der Waals surface area (Å²) < 4.78 is 55.7. The van der Waals surface area contributed by atoms with Gasteiger partial charge in [0.25, 0.3) is 0 Å². The van der Waals surface area contributed by atoms with Gasteiger partial charge in [0.2, 0.25) is 10.0 Å². The van der Waals surface area contributed by atoms with Crippen molar-refractivity contribution in [1.82, 2.24) is 13.9 Å². The van der Waals surface area contributed by atoms with E-state index in [1.165, 1.54) is 44.6 Å². The molecule has 0 spiro atoms. The van der Waals surface area contributed by atoms with Crippen LogP contribution < -0.4 is 0 Å². The van der Waals surface area contributed by atoms with E-state index in [0.717, 1.165) is 10.5 Å². The Kier molecular flexibility index (Phi) is 5.30. The number of esters is 1. The summed E-state index contributed by atoms with van der Waals surface area (Å²) in [6, 6.07) is 5.12. The fourth-order valence-corrected chi connectivity index (χ4v) is 2.72. The van der Waals surface area contributed by atoms with Gasteiger partial charge in [-0.25, -0.2) is 22.5 Å². The predicted molar refractivity (Wildman–Crippen MR) is 79.9 cm³/mol. The highest BCUT2D eigenvalue weighted by molar-refractivity contribution is 7.89. The molecule has 0 aliphatic rings. The summed E-state index contributed by atoms with van der Waals surface area (Å²) in [5.74, 6) is -0.863. The van der Waals surface area contributed by atoms with Crippen molar-refractivity contribution in [3.05, 3.63) is 48.0 Å². The van der Waals surface area contributed by atoms with Crippen molar-refractivity contribution >= 4 is 16.0 Å². The molecule has 0 aliphatic heterocycles. The largest absolute Gasteiger partial charge is 0.454 e. The summed E-state index contributed by atoms with van der Waals surface area (Å²) in [4.78, 5) is 15.6. The molecule has 0 N–H and O–H groups in total. The number of sulfonamides is 1. The number of hydrogen-bond acceptors (Lipinski definition) is 5. The predicted octanol–water partition coefficient (Wildman–Crippen LogP) is 1.89. The van der Waals surface area contributed by atoms with E-state index in [2.05, 4.69) is 4.98 Å². The van der Waals surface area contributed by atoms with Crippen LogP contribution in [0.2, 0.25) is 0 Å². The van der Waals surface area contributed by atoms with E-state index >= 15 is 0 Å². The normalized spacial score (nSPS) is 11.9. The van der Waals surface area contributed by atoms with Gasteiger partial charge >= 0.3 is 12.5 Å². The molecule has 1 aromatic heterocycles. The molecule has 0 radical (unpaired) electrons. The molecule has 7 nitrogen and oxygen atoms in total. The molecule has 1 heterocycles. The first-order chi connectivity index (χ1) is 11.2. The van der Waals surface area contributed by atoms with E-state index in [1.54, 1.807) is 0 Å². The number of halogens is 2. The van der Waals surface area contributed by atoms with Gasteiger partial charge in [0.1, 0.15) is 6.61 Å². The smallest absolute Gasteiger partial charge is 0.338 e. The number of nitrogens with zero attached hydrogens (tertiary/aromatic N) is 3. The van der Waals surface area contributed by atoms with E-state index < -0.39 is 29.1 Å². The number of aromatic nitrogens is 2. The maximum Gasteiger partial charge on any atom is 0.338 e. The second-order valence-electron chi connectivity index (χ2n) is 4.92. The number of alkyl halides is 2. The Labute approximate surface area is 137 Å². The van der Waals surface area contributed by atoms with Crippen molar-refractivity contribution in [1.29, 1.82) is 0 Å².